The molecule has 0 radical (unpaired) electrons. The van der Waals surface area contributed by atoms with Crippen molar-refractivity contribution in [2.75, 3.05) is 19.0 Å². The normalized spacial score (nSPS) is 17.7. The quantitative estimate of drug-likeness (QED) is 0.653. The summed E-state index contributed by atoms with van der Waals surface area (Å²) in [6, 6.07) is 9.41. The summed E-state index contributed by atoms with van der Waals surface area (Å²) >= 11 is 1.26. The van der Waals surface area contributed by atoms with Crippen molar-refractivity contribution in [1.29, 1.82) is 5.26 Å². The van der Waals surface area contributed by atoms with E-state index < -0.39 is 23.9 Å². The predicted molar refractivity (Wildman–Crippen MR) is 113 cm³/mol. The first-order valence-electron chi connectivity index (χ1n) is 9.07. The average Bonchev–Trinajstić information content (AvgIpc) is 3.08. The molecule has 0 spiro atoms. The molecule has 1 atom stereocenters. The van der Waals surface area contributed by atoms with Crippen LogP contribution in [0.2, 0.25) is 0 Å². The first-order valence-corrected chi connectivity index (χ1v) is 9.88. The number of rotatable bonds is 6. The van der Waals surface area contributed by atoms with Crippen LogP contribution in [0, 0.1) is 23.7 Å². The number of nitrogens with zero attached hydrogens (tertiary/aromatic N) is 1. The zero-order chi connectivity index (χ0) is 21.9. The predicted octanol–water partition coefficient (Wildman–Crippen LogP) is 3.49. The highest BCUT2D eigenvalue weighted by molar-refractivity contribution is 7.17. The zero-order valence-corrected chi connectivity index (χ0v) is 17.2. The molecule has 1 aliphatic rings. The van der Waals surface area contributed by atoms with E-state index in [1.165, 1.54) is 29.6 Å². The third kappa shape index (κ3) is 3.85. The molecule has 3 rings (SSSR count). The van der Waals surface area contributed by atoms with Crippen molar-refractivity contribution in [2.24, 2.45) is 5.41 Å². The van der Waals surface area contributed by atoms with Crippen LogP contribution >= 0.6 is 11.3 Å². The Morgan fingerprint density at radius 2 is 2.03 bits per heavy atom. The molecule has 1 aromatic heterocycles. The van der Waals surface area contributed by atoms with E-state index in [-0.39, 0.29) is 12.0 Å². The van der Waals surface area contributed by atoms with Crippen LogP contribution in [-0.4, -0.2) is 35.8 Å². The smallest absolute Gasteiger partial charge is 0.331 e. The minimum absolute atomic E-state index is 0.0310. The van der Waals surface area contributed by atoms with Crippen molar-refractivity contribution in [3.05, 3.63) is 58.5 Å². The standard InChI is InChI=1S/C22H20N2O5S/c1-13-18(14-5-7-16(29-2)8-6-14)17(11-23)19(30-13)24-21(28)22(12-25)9-3-4-15(10-22)20(26)27/h3-9,25H,10,12H2,1-2H3,(H,24,28)(H,26,27). The van der Waals surface area contributed by atoms with Gasteiger partial charge in [-0.05, 0) is 31.0 Å². The largest absolute Gasteiger partial charge is 0.497 e. The number of aliphatic carboxylic acids is 1. The molecule has 1 amide bonds. The van der Waals surface area contributed by atoms with Crippen LogP contribution in [0.3, 0.4) is 0 Å². The molecule has 0 aliphatic heterocycles. The zero-order valence-electron chi connectivity index (χ0n) is 16.4. The van der Waals surface area contributed by atoms with Gasteiger partial charge in [0.05, 0.1) is 24.7 Å². The molecular weight excluding hydrogens is 404 g/mol. The number of carbonyl (C=O) groups excluding carboxylic acids is 1. The molecule has 30 heavy (non-hydrogen) atoms. The summed E-state index contributed by atoms with van der Waals surface area (Å²) in [7, 11) is 1.57. The molecular formula is C22H20N2O5S. The number of benzene rings is 1. The molecule has 0 fully saturated rings. The van der Waals surface area contributed by atoms with E-state index in [2.05, 4.69) is 11.4 Å². The molecule has 2 aromatic rings. The fourth-order valence-corrected chi connectivity index (χ4v) is 4.38. The van der Waals surface area contributed by atoms with Crippen LogP contribution in [0.1, 0.15) is 16.9 Å². The van der Waals surface area contributed by atoms with Gasteiger partial charge < -0.3 is 20.3 Å². The summed E-state index contributed by atoms with van der Waals surface area (Å²) in [5.74, 6) is -1.02. The van der Waals surface area contributed by atoms with Gasteiger partial charge >= 0.3 is 5.97 Å². The Hall–Kier alpha value is -3.41. The summed E-state index contributed by atoms with van der Waals surface area (Å²) in [6.45, 7) is 1.30. The van der Waals surface area contributed by atoms with Crippen LogP contribution in [0.5, 0.6) is 5.75 Å². The second kappa shape index (κ2) is 8.53. The maximum absolute atomic E-state index is 13.0. The Kier molecular flexibility index (Phi) is 6.06. The van der Waals surface area contributed by atoms with E-state index >= 15 is 0 Å². The van der Waals surface area contributed by atoms with Crippen molar-refractivity contribution in [3.8, 4) is 22.9 Å². The minimum Gasteiger partial charge on any atom is -0.497 e. The molecule has 1 aromatic carbocycles. The molecule has 1 unspecified atom stereocenters. The van der Waals surface area contributed by atoms with Crippen molar-refractivity contribution in [3.63, 3.8) is 0 Å². The van der Waals surface area contributed by atoms with Gasteiger partial charge in [0.2, 0.25) is 5.91 Å². The fourth-order valence-electron chi connectivity index (χ4n) is 3.36. The molecule has 0 bridgehead atoms. The Bertz CT molecular complexity index is 1090. The number of ether oxygens (including phenoxy) is 1. The number of anilines is 1. The first-order chi connectivity index (χ1) is 14.3. The Morgan fingerprint density at radius 1 is 1.33 bits per heavy atom. The fraction of sp³-hybridized carbons (Fsp3) is 0.227. The first kappa shape index (κ1) is 21.3. The number of thiophene rings is 1. The lowest BCUT2D eigenvalue weighted by Gasteiger charge is -2.29. The van der Waals surface area contributed by atoms with Crippen LogP contribution in [0.15, 0.2) is 48.1 Å². The van der Waals surface area contributed by atoms with Gasteiger partial charge in [-0.3, -0.25) is 4.79 Å². The minimum atomic E-state index is -1.41. The lowest BCUT2D eigenvalue weighted by Crippen LogP contribution is -2.39. The van der Waals surface area contributed by atoms with E-state index in [0.717, 1.165) is 10.4 Å². The van der Waals surface area contributed by atoms with Crippen molar-refractivity contribution >= 4 is 28.2 Å². The van der Waals surface area contributed by atoms with Crippen LogP contribution in [0.25, 0.3) is 11.1 Å². The Balaban J connectivity index is 1.94. The van der Waals surface area contributed by atoms with Gasteiger partial charge in [0.25, 0.3) is 0 Å². The van der Waals surface area contributed by atoms with E-state index in [4.69, 9.17) is 4.74 Å². The maximum Gasteiger partial charge on any atom is 0.331 e. The van der Waals surface area contributed by atoms with Crippen LogP contribution in [0.4, 0.5) is 5.00 Å². The highest BCUT2D eigenvalue weighted by Gasteiger charge is 2.39. The van der Waals surface area contributed by atoms with Gasteiger partial charge in [0, 0.05) is 16.0 Å². The van der Waals surface area contributed by atoms with Gasteiger partial charge in [0.15, 0.2) is 0 Å². The van der Waals surface area contributed by atoms with Crippen LogP contribution < -0.4 is 10.1 Å². The van der Waals surface area contributed by atoms with Gasteiger partial charge in [-0.25, -0.2) is 4.79 Å². The van der Waals surface area contributed by atoms with Crippen molar-refractivity contribution in [2.45, 2.75) is 13.3 Å². The third-order valence-corrected chi connectivity index (χ3v) is 6.05. The summed E-state index contributed by atoms with van der Waals surface area (Å²) in [4.78, 5) is 25.2. The van der Waals surface area contributed by atoms with Crippen molar-refractivity contribution < 1.29 is 24.5 Å². The number of carbonyl (C=O) groups is 2. The number of aryl methyl sites for hydroxylation is 1. The number of carboxylic acid groups (broad SMARTS) is 1. The van der Waals surface area contributed by atoms with E-state index in [9.17, 15) is 25.1 Å². The molecule has 1 heterocycles. The number of hydrogen-bond donors (Lipinski definition) is 3. The van der Waals surface area contributed by atoms with Gasteiger partial charge in [-0.15, -0.1) is 11.3 Å². The topological polar surface area (TPSA) is 120 Å². The number of allylic oxidation sites excluding steroid dienone is 2. The Labute approximate surface area is 177 Å². The number of nitriles is 1. The van der Waals surface area contributed by atoms with Gasteiger partial charge in [0.1, 0.15) is 16.8 Å². The lowest BCUT2D eigenvalue weighted by molar-refractivity contribution is -0.133. The van der Waals surface area contributed by atoms with Gasteiger partial charge in [-0.1, -0.05) is 30.4 Å². The molecule has 154 valence electrons. The second-order valence-corrected chi connectivity index (χ2v) is 8.10. The molecule has 7 nitrogen and oxygen atoms in total. The van der Waals surface area contributed by atoms with E-state index in [1.54, 1.807) is 19.2 Å². The van der Waals surface area contributed by atoms with Gasteiger partial charge in [-0.2, -0.15) is 5.26 Å². The number of aliphatic hydroxyl groups is 1. The number of aliphatic hydroxyl groups excluding tert-OH is 1. The van der Waals surface area contributed by atoms with E-state index in [1.807, 2.05) is 19.1 Å². The van der Waals surface area contributed by atoms with Crippen LogP contribution in [-0.2, 0) is 9.59 Å². The SMILES string of the molecule is COc1ccc(-c2c(C)sc(NC(=O)C3(CO)C=CC=C(C(=O)O)C3)c2C#N)cc1. The number of amides is 1. The molecule has 0 saturated carbocycles. The monoisotopic (exact) mass is 424 g/mol. The highest BCUT2D eigenvalue weighted by atomic mass is 32.1. The average molecular weight is 424 g/mol. The molecule has 8 heteroatoms. The second-order valence-electron chi connectivity index (χ2n) is 6.88. The summed E-state index contributed by atoms with van der Waals surface area (Å²) in [6.07, 6.45) is 4.21. The Morgan fingerprint density at radius 3 is 2.60 bits per heavy atom. The number of hydrogen-bond acceptors (Lipinski definition) is 6. The highest BCUT2D eigenvalue weighted by Crippen LogP contribution is 2.41. The molecule has 0 saturated heterocycles. The molecule has 1 aliphatic carbocycles. The summed E-state index contributed by atoms with van der Waals surface area (Å²) in [5.41, 5.74) is 0.463. The number of nitrogens with one attached hydrogen (secondary N) is 1. The summed E-state index contributed by atoms with van der Waals surface area (Å²) in [5, 5.41) is 32.0. The maximum atomic E-state index is 13.0. The number of methoxy groups -OCH3 is 1. The van der Waals surface area contributed by atoms with E-state index in [0.29, 0.717) is 21.9 Å². The van der Waals surface area contributed by atoms with Crippen molar-refractivity contribution in [1.82, 2.24) is 0 Å². The summed E-state index contributed by atoms with van der Waals surface area (Å²) < 4.78 is 5.17. The lowest BCUT2D eigenvalue weighted by atomic mass is 9.78. The number of carboxylic acids is 1. The third-order valence-electron chi connectivity index (χ3n) is 5.03. The molecule has 3 N–H and O–H groups in total.